The Morgan fingerprint density at radius 1 is 1.02 bits per heavy atom. The second-order valence-electron chi connectivity index (χ2n) is 10.00. The van der Waals surface area contributed by atoms with E-state index in [1.165, 1.54) is 19.2 Å². The molecule has 212 valence electrons. The van der Waals surface area contributed by atoms with E-state index in [0.29, 0.717) is 61.5 Å². The first-order chi connectivity index (χ1) is 20.0. The number of aryl methyl sites for hydroxylation is 1. The number of aromatic nitrogens is 3. The van der Waals surface area contributed by atoms with Gasteiger partial charge in [-0.25, -0.2) is 17.8 Å². The van der Waals surface area contributed by atoms with Crippen LogP contribution in [0.3, 0.4) is 0 Å². The van der Waals surface area contributed by atoms with Crippen molar-refractivity contribution in [2.24, 2.45) is 0 Å². The molecule has 0 saturated heterocycles. The summed E-state index contributed by atoms with van der Waals surface area (Å²) >= 11 is 0. The minimum Gasteiger partial charge on any atom is -0.455 e. The van der Waals surface area contributed by atoms with E-state index in [1.54, 1.807) is 54.5 Å². The maximum Gasteiger partial charge on any atom is 0.255 e. The molecule has 42 heavy (non-hydrogen) atoms. The van der Waals surface area contributed by atoms with E-state index in [4.69, 9.17) is 4.42 Å². The molecule has 3 aromatic heterocycles. The Labute approximate surface area is 241 Å². The fourth-order valence-corrected chi connectivity index (χ4v) is 5.41. The molecular formula is C31H26FN5O4S. The Morgan fingerprint density at radius 3 is 2.40 bits per heavy atom. The summed E-state index contributed by atoms with van der Waals surface area (Å²) < 4.78 is 48.2. The van der Waals surface area contributed by atoms with Crippen LogP contribution in [-0.4, -0.2) is 49.2 Å². The zero-order chi connectivity index (χ0) is 29.8. The van der Waals surface area contributed by atoms with Crippen LogP contribution in [0, 0.1) is 12.7 Å². The van der Waals surface area contributed by atoms with Crippen LogP contribution in [0.2, 0.25) is 0 Å². The van der Waals surface area contributed by atoms with E-state index < -0.39 is 10.0 Å². The van der Waals surface area contributed by atoms with Gasteiger partial charge >= 0.3 is 0 Å². The molecule has 0 bridgehead atoms. The van der Waals surface area contributed by atoms with Crippen molar-refractivity contribution in [3.8, 4) is 28.3 Å². The predicted octanol–water partition coefficient (Wildman–Crippen LogP) is 5.70. The number of benzene rings is 3. The molecule has 0 aliphatic heterocycles. The molecule has 0 unspecified atom stereocenters. The number of anilines is 1. The summed E-state index contributed by atoms with van der Waals surface area (Å²) in [6.45, 7) is 1.97. The number of sulfonamides is 1. The summed E-state index contributed by atoms with van der Waals surface area (Å²) in [5, 5.41) is 3.19. The van der Waals surface area contributed by atoms with E-state index in [9.17, 15) is 17.6 Å². The fourth-order valence-electron chi connectivity index (χ4n) is 4.90. The zero-order valence-corrected chi connectivity index (χ0v) is 24.0. The zero-order valence-electron chi connectivity index (χ0n) is 23.2. The summed E-state index contributed by atoms with van der Waals surface area (Å²) in [5.41, 5.74) is 5.62. The molecule has 1 amide bonds. The summed E-state index contributed by atoms with van der Waals surface area (Å²) in [5.74, 6) is -0.339. The third-order valence-electron chi connectivity index (χ3n) is 7.23. The quantitative estimate of drug-likeness (QED) is 0.269. The van der Waals surface area contributed by atoms with E-state index in [2.05, 4.69) is 15.3 Å². The first-order valence-corrected chi connectivity index (χ1v) is 14.8. The number of hydrogen-bond donors (Lipinski definition) is 1. The van der Waals surface area contributed by atoms with Gasteiger partial charge < -0.3 is 9.73 Å². The summed E-state index contributed by atoms with van der Waals surface area (Å²) in [6, 6.07) is 18.7. The van der Waals surface area contributed by atoms with Gasteiger partial charge in [0, 0.05) is 42.4 Å². The molecule has 6 rings (SSSR count). The number of nitrogens with one attached hydrogen (secondary N) is 1. The number of halogens is 1. The summed E-state index contributed by atoms with van der Waals surface area (Å²) in [6.07, 6.45) is 4.31. The Morgan fingerprint density at radius 2 is 1.74 bits per heavy atom. The molecule has 0 fully saturated rings. The van der Waals surface area contributed by atoms with E-state index in [1.807, 2.05) is 31.2 Å². The highest BCUT2D eigenvalue weighted by molar-refractivity contribution is 7.92. The Hall–Kier alpha value is -5.03. The van der Waals surface area contributed by atoms with Gasteiger partial charge in [-0.3, -0.25) is 18.7 Å². The van der Waals surface area contributed by atoms with Gasteiger partial charge in [0.15, 0.2) is 0 Å². The third-order valence-corrected chi connectivity index (χ3v) is 8.42. The van der Waals surface area contributed by atoms with Gasteiger partial charge in [0.25, 0.3) is 5.91 Å². The molecule has 0 aliphatic carbocycles. The van der Waals surface area contributed by atoms with Crippen molar-refractivity contribution in [2.75, 3.05) is 24.7 Å². The summed E-state index contributed by atoms with van der Waals surface area (Å²) in [7, 11) is -0.702. The number of hydrogen-bond acceptors (Lipinski definition) is 6. The number of carbonyl (C=O) groups excluding carboxylic acids is 1. The van der Waals surface area contributed by atoms with Crippen molar-refractivity contribution in [2.45, 2.75) is 6.92 Å². The number of rotatable bonds is 6. The number of amides is 1. The standard InChI is InChI=1S/C31H26FN5O4S/c1-18-5-7-19(8-6-18)30-29(31(38)33-2)23-13-22(26(15-28(23)41-30)36(3)42(4,39)40)24-14-27-25(16-34-24)35-17-37(27)21-11-9-20(32)10-12-21/h5-17H,1-4H3,(H,33,38). The third kappa shape index (κ3) is 4.67. The minimum absolute atomic E-state index is 0.317. The van der Waals surface area contributed by atoms with Gasteiger partial charge in [-0.15, -0.1) is 0 Å². The number of imidazole rings is 1. The minimum atomic E-state index is -3.69. The van der Waals surface area contributed by atoms with Crippen LogP contribution >= 0.6 is 0 Å². The molecule has 11 heteroatoms. The van der Waals surface area contributed by atoms with Crippen molar-refractivity contribution in [1.29, 1.82) is 0 Å². The van der Waals surface area contributed by atoms with Gasteiger partial charge in [-0.05, 0) is 43.3 Å². The lowest BCUT2D eigenvalue weighted by molar-refractivity contribution is 0.0964. The molecular weight excluding hydrogens is 557 g/mol. The van der Waals surface area contributed by atoms with Crippen molar-refractivity contribution < 1.29 is 22.0 Å². The normalized spacial score (nSPS) is 11.7. The molecule has 9 nitrogen and oxygen atoms in total. The Balaban J connectivity index is 1.63. The molecule has 3 heterocycles. The number of pyridine rings is 1. The monoisotopic (exact) mass is 583 g/mol. The fraction of sp³-hybridized carbons (Fsp3) is 0.129. The highest BCUT2D eigenvalue weighted by Crippen LogP contribution is 2.41. The lowest BCUT2D eigenvalue weighted by Gasteiger charge is -2.20. The first kappa shape index (κ1) is 27.2. The number of fused-ring (bicyclic) bond motifs is 2. The summed E-state index contributed by atoms with van der Waals surface area (Å²) in [4.78, 5) is 22.2. The van der Waals surface area contributed by atoms with E-state index in [-0.39, 0.29) is 11.7 Å². The van der Waals surface area contributed by atoms with Gasteiger partial charge in [0.2, 0.25) is 10.0 Å². The SMILES string of the molecule is CNC(=O)c1c(-c2ccc(C)cc2)oc2cc(N(C)S(C)(=O)=O)c(-c3cc4c(cn3)ncn4-c3ccc(F)cc3)cc12. The highest BCUT2D eigenvalue weighted by atomic mass is 32.2. The number of furan rings is 1. The average molecular weight is 584 g/mol. The Bertz CT molecular complexity index is 2100. The van der Waals surface area contributed by atoms with Crippen LogP contribution in [0.1, 0.15) is 15.9 Å². The number of carbonyl (C=O) groups is 1. The average Bonchev–Trinajstić information content (AvgIpc) is 3.57. The molecule has 1 N–H and O–H groups in total. The van der Waals surface area contributed by atoms with Crippen LogP contribution in [0.25, 0.3) is 50.3 Å². The second-order valence-corrected chi connectivity index (χ2v) is 12.0. The van der Waals surface area contributed by atoms with Crippen LogP contribution in [0.15, 0.2) is 83.7 Å². The topological polar surface area (TPSA) is 110 Å². The lowest BCUT2D eigenvalue weighted by atomic mass is 10.00. The maximum atomic E-state index is 13.6. The predicted molar refractivity (Wildman–Crippen MR) is 161 cm³/mol. The van der Waals surface area contributed by atoms with Crippen LogP contribution in [-0.2, 0) is 10.0 Å². The second kappa shape index (κ2) is 10.1. The molecule has 0 saturated carbocycles. The van der Waals surface area contributed by atoms with E-state index in [0.717, 1.165) is 16.1 Å². The van der Waals surface area contributed by atoms with E-state index >= 15 is 0 Å². The van der Waals surface area contributed by atoms with Crippen LogP contribution < -0.4 is 9.62 Å². The van der Waals surface area contributed by atoms with Gasteiger partial charge in [-0.1, -0.05) is 29.8 Å². The van der Waals surface area contributed by atoms with Crippen LogP contribution in [0.4, 0.5) is 10.1 Å². The molecule has 0 aliphatic rings. The first-order valence-electron chi connectivity index (χ1n) is 13.0. The van der Waals surface area contributed by atoms with Crippen LogP contribution in [0.5, 0.6) is 0 Å². The van der Waals surface area contributed by atoms with Gasteiger partial charge in [0.1, 0.15) is 29.0 Å². The van der Waals surface area contributed by atoms with Gasteiger partial charge in [0.05, 0.1) is 34.9 Å². The largest absolute Gasteiger partial charge is 0.455 e. The maximum absolute atomic E-state index is 13.6. The lowest BCUT2D eigenvalue weighted by Crippen LogP contribution is -2.25. The molecule has 0 radical (unpaired) electrons. The van der Waals surface area contributed by atoms with Crippen molar-refractivity contribution in [3.05, 3.63) is 96.2 Å². The van der Waals surface area contributed by atoms with Gasteiger partial charge in [-0.2, -0.15) is 0 Å². The van der Waals surface area contributed by atoms with Crippen molar-refractivity contribution >= 4 is 43.6 Å². The molecule has 6 aromatic rings. The molecule has 3 aromatic carbocycles. The molecule has 0 spiro atoms. The Kier molecular flexibility index (Phi) is 6.53. The highest BCUT2D eigenvalue weighted by Gasteiger charge is 2.26. The molecule has 0 atom stereocenters. The smallest absolute Gasteiger partial charge is 0.255 e. The van der Waals surface area contributed by atoms with Crippen molar-refractivity contribution in [3.63, 3.8) is 0 Å². The van der Waals surface area contributed by atoms with Crippen molar-refractivity contribution in [1.82, 2.24) is 19.9 Å². The number of nitrogens with zero attached hydrogens (tertiary/aromatic N) is 4.